The van der Waals surface area contributed by atoms with Gasteiger partial charge in [-0.2, -0.15) is 31.4 Å². The van der Waals surface area contributed by atoms with Gasteiger partial charge in [-0.25, -0.2) is 0 Å². The molecule has 198 valence electrons. The van der Waals surface area contributed by atoms with E-state index in [1.807, 2.05) is 25.2 Å². The Labute approximate surface area is 212 Å². The van der Waals surface area contributed by atoms with E-state index in [4.69, 9.17) is 0 Å². The molecule has 2 aromatic carbocycles. The molecule has 2 heterocycles. The molecule has 1 aliphatic rings. The molecule has 12 heteroatoms. The second-order valence-electron chi connectivity index (χ2n) is 9.39. The Balaban J connectivity index is 1.56. The van der Waals surface area contributed by atoms with Crippen LogP contribution in [0.1, 0.15) is 19.0 Å². The third kappa shape index (κ3) is 4.83. The second-order valence-corrected chi connectivity index (χ2v) is 9.39. The van der Waals surface area contributed by atoms with Crippen molar-refractivity contribution in [1.29, 1.82) is 0 Å². The predicted molar refractivity (Wildman–Crippen MR) is 132 cm³/mol. The number of aromatic nitrogens is 4. The maximum atomic E-state index is 13.5. The maximum Gasteiger partial charge on any atom is 0.416 e. The molecule has 0 fully saturated rings. The standard InChI is InChI=1S/C26H22F6N6/c1-24(11-15(25(27,28)29)10-16(12-24)26(30,31)32)34-23-18-6-4-3-5-17(18)22(37-38-23)14-7-8-19-20(9-14)35-36-21(19)13-33-2/h3-11,33H,12-13H2,1-2H3,(H,34,38)(H,35,36). The molecule has 1 aliphatic carbocycles. The van der Waals surface area contributed by atoms with Gasteiger partial charge in [0.1, 0.15) is 5.69 Å². The zero-order valence-corrected chi connectivity index (χ0v) is 20.2. The number of rotatable bonds is 5. The number of nitrogens with one attached hydrogen (secondary N) is 3. The third-order valence-electron chi connectivity index (χ3n) is 6.41. The molecule has 3 N–H and O–H groups in total. The van der Waals surface area contributed by atoms with Crippen molar-refractivity contribution in [2.24, 2.45) is 0 Å². The highest BCUT2D eigenvalue weighted by atomic mass is 19.4. The number of H-pyrrole nitrogens is 1. The van der Waals surface area contributed by atoms with E-state index in [2.05, 4.69) is 31.0 Å². The van der Waals surface area contributed by atoms with Crippen molar-refractivity contribution < 1.29 is 26.3 Å². The van der Waals surface area contributed by atoms with Crippen LogP contribution in [0.4, 0.5) is 32.2 Å². The highest BCUT2D eigenvalue weighted by Gasteiger charge is 2.45. The predicted octanol–water partition coefficient (Wildman–Crippen LogP) is 6.44. The van der Waals surface area contributed by atoms with Crippen LogP contribution in [0.3, 0.4) is 0 Å². The van der Waals surface area contributed by atoms with E-state index in [-0.39, 0.29) is 11.9 Å². The lowest BCUT2D eigenvalue weighted by Gasteiger charge is -2.34. The van der Waals surface area contributed by atoms with Crippen LogP contribution in [-0.2, 0) is 6.54 Å². The van der Waals surface area contributed by atoms with Gasteiger partial charge in [-0.15, -0.1) is 10.2 Å². The smallest absolute Gasteiger partial charge is 0.359 e. The number of alkyl halides is 6. The summed E-state index contributed by atoms with van der Waals surface area (Å²) >= 11 is 0. The van der Waals surface area contributed by atoms with Crippen molar-refractivity contribution in [2.45, 2.75) is 37.8 Å². The molecule has 5 rings (SSSR count). The number of halogens is 6. The second kappa shape index (κ2) is 9.12. The Morgan fingerprint density at radius 1 is 0.947 bits per heavy atom. The molecular weight excluding hydrogens is 510 g/mol. The van der Waals surface area contributed by atoms with Gasteiger partial charge in [-0.3, -0.25) is 5.10 Å². The van der Waals surface area contributed by atoms with Gasteiger partial charge in [0.15, 0.2) is 5.82 Å². The maximum absolute atomic E-state index is 13.5. The van der Waals surface area contributed by atoms with Crippen molar-refractivity contribution in [3.05, 3.63) is 71.5 Å². The summed E-state index contributed by atoms with van der Waals surface area (Å²) in [6.07, 6.45) is -9.65. The highest BCUT2D eigenvalue weighted by Crippen LogP contribution is 2.43. The largest absolute Gasteiger partial charge is 0.416 e. The topological polar surface area (TPSA) is 78.5 Å². The van der Waals surface area contributed by atoms with Crippen LogP contribution >= 0.6 is 0 Å². The molecule has 0 saturated heterocycles. The average molecular weight is 532 g/mol. The first kappa shape index (κ1) is 25.7. The van der Waals surface area contributed by atoms with E-state index < -0.39 is 35.5 Å². The van der Waals surface area contributed by atoms with Crippen LogP contribution in [0.25, 0.3) is 32.9 Å². The number of hydrogen-bond acceptors (Lipinski definition) is 5. The molecule has 1 unspecified atom stereocenters. The fourth-order valence-corrected chi connectivity index (χ4v) is 4.70. The van der Waals surface area contributed by atoms with Gasteiger partial charge in [-0.1, -0.05) is 36.4 Å². The summed E-state index contributed by atoms with van der Waals surface area (Å²) in [5.74, 6) is 0.0743. The summed E-state index contributed by atoms with van der Waals surface area (Å²) in [4.78, 5) is 0. The van der Waals surface area contributed by atoms with E-state index in [0.29, 0.717) is 34.1 Å². The van der Waals surface area contributed by atoms with Crippen LogP contribution in [0.15, 0.2) is 65.8 Å². The lowest BCUT2D eigenvalue weighted by Crippen LogP contribution is -2.39. The van der Waals surface area contributed by atoms with E-state index in [1.54, 1.807) is 24.3 Å². The molecule has 1 atom stereocenters. The van der Waals surface area contributed by atoms with Gasteiger partial charge in [-0.05, 0) is 32.2 Å². The molecule has 4 aromatic rings. The van der Waals surface area contributed by atoms with Gasteiger partial charge in [0.25, 0.3) is 0 Å². The van der Waals surface area contributed by atoms with E-state index >= 15 is 0 Å². The number of hydrogen-bond donors (Lipinski definition) is 3. The average Bonchev–Trinajstić information content (AvgIpc) is 3.25. The number of aromatic amines is 1. The summed E-state index contributed by atoms with van der Waals surface area (Å²) in [6, 6.07) is 12.5. The first-order chi connectivity index (χ1) is 17.9. The van der Waals surface area contributed by atoms with E-state index in [1.165, 1.54) is 6.92 Å². The number of allylic oxidation sites excluding steroid dienone is 2. The minimum Gasteiger partial charge on any atom is -0.359 e. The summed E-state index contributed by atoms with van der Waals surface area (Å²) in [5, 5.41) is 23.8. The van der Waals surface area contributed by atoms with Gasteiger partial charge in [0, 0.05) is 40.3 Å². The zero-order chi connectivity index (χ0) is 27.3. The number of benzene rings is 2. The molecule has 2 aromatic heterocycles. The number of fused-ring (bicyclic) bond motifs is 2. The van der Waals surface area contributed by atoms with Crippen LogP contribution in [0, 0.1) is 0 Å². The minimum atomic E-state index is -4.95. The van der Waals surface area contributed by atoms with Gasteiger partial charge in [0.2, 0.25) is 0 Å². The normalized spacial score (nSPS) is 18.5. The SMILES string of the molecule is CNCc1[nH]nc2cc(-c3nnc(NC4(C)C=C(C(F)(F)F)C=C(C(F)(F)F)C4)c4ccccc34)ccc12. The molecule has 0 amide bonds. The summed E-state index contributed by atoms with van der Waals surface area (Å²) in [6.45, 7) is 1.88. The van der Waals surface area contributed by atoms with E-state index in [9.17, 15) is 26.3 Å². The molecule has 0 bridgehead atoms. The molecular formula is C26H22F6N6. The van der Waals surface area contributed by atoms with Crippen LogP contribution in [0.5, 0.6) is 0 Å². The number of anilines is 1. The Bertz CT molecular complexity index is 1580. The molecule has 38 heavy (non-hydrogen) atoms. The molecule has 0 saturated carbocycles. The highest BCUT2D eigenvalue weighted by molar-refractivity contribution is 6.01. The van der Waals surface area contributed by atoms with Crippen molar-refractivity contribution in [1.82, 2.24) is 25.7 Å². The quantitative estimate of drug-likeness (QED) is 0.258. The summed E-state index contributed by atoms with van der Waals surface area (Å²) in [7, 11) is 1.83. The summed E-state index contributed by atoms with van der Waals surface area (Å²) < 4.78 is 81.0. The Morgan fingerprint density at radius 3 is 2.37 bits per heavy atom. The van der Waals surface area contributed by atoms with Gasteiger partial charge >= 0.3 is 12.4 Å². The molecule has 0 spiro atoms. The van der Waals surface area contributed by atoms with E-state index in [0.717, 1.165) is 17.2 Å². The van der Waals surface area contributed by atoms with Crippen molar-refractivity contribution in [3.63, 3.8) is 0 Å². The van der Waals surface area contributed by atoms with Crippen molar-refractivity contribution in [2.75, 3.05) is 12.4 Å². The first-order valence-electron chi connectivity index (χ1n) is 11.6. The number of nitrogens with zero attached hydrogens (tertiary/aromatic N) is 3. The minimum absolute atomic E-state index is 0.0743. The summed E-state index contributed by atoms with van der Waals surface area (Å²) in [5.41, 5.74) is -1.52. The van der Waals surface area contributed by atoms with Gasteiger partial charge < -0.3 is 10.6 Å². The third-order valence-corrected chi connectivity index (χ3v) is 6.41. The Morgan fingerprint density at radius 2 is 1.68 bits per heavy atom. The monoisotopic (exact) mass is 532 g/mol. The van der Waals surface area contributed by atoms with Crippen molar-refractivity contribution in [3.8, 4) is 11.3 Å². The molecule has 0 aliphatic heterocycles. The lowest BCUT2D eigenvalue weighted by atomic mass is 9.84. The van der Waals surface area contributed by atoms with Crippen molar-refractivity contribution >= 4 is 27.5 Å². The Hall–Kier alpha value is -3.93. The van der Waals surface area contributed by atoms with Crippen LogP contribution in [0.2, 0.25) is 0 Å². The fraction of sp³-hybridized carbons (Fsp3) is 0.269. The molecule has 6 nitrogen and oxygen atoms in total. The fourth-order valence-electron chi connectivity index (χ4n) is 4.70. The molecule has 0 radical (unpaired) electrons. The van der Waals surface area contributed by atoms with Crippen LogP contribution in [-0.4, -0.2) is 45.3 Å². The Kier molecular flexibility index (Phi) is 6.17. The van der Waals surface area contributed by atoms with Crippen LogP contribution < -0.4 is 10.6 Å². The lowest BCUT2D eigenvalue weighted by molar-refractivity contribution is -0.1000. The zero-order valence-electron chi connectivity index (χ0n) is 20.2. The van der Waals surface area contributed by atoms with Gasteiger partial charge in [0.05, 0.1) is 22.3 Å². The first-order valence-corrected chi connectivity index (χ1v) is 11.6.